The maximum atomic E-state index is 12.6. The van der Waals surface area contributed by atoms with E-state index in [-0.39, 0.29) is 11.9 Å². The minimum absolute atomic E-state index is 0.138. The molecule has 0 aromatic carbocycles. The van der Waals surface area contributed by atoms with Gasteiger partial charge in [-0.1, -0.05) is 0 Å². The highest BCUT2D eigenvalue weighted by molar-refractivity contribution is 7.17. The fraction of sp³-hybridized carbons (Fsp3) is 0.471. The minimum Gasteiger partial charge on any atom is -0.346 e. The second-order valence-electron chi connectivity index (χ2n) is 6.49. The average molecular weight is 329 g/mol. The highest BCUT2D eigenvalue weighted by Crippen LogP contribution is 2.32. The van der Waals surface area contributed by atoms with Crippen LogP contribution in [0.5, 0.6) is 0 Å². The van der Waals surface area contributed by atoms with Gasteiger partial charge in [-0.3, -0.25) is 14.5 Å². The number of hydrogen-bond donors (Lipinski definition) is 1. The van der Waals surface area contributed by atoms with E-state index >= 15 is 0 Å². The van der Waals surface area contributed by atoms with Crippen LogP contribution < -0.4 is 5.32 Å². The minimum atomic E-state index is -0.138. The number of thiophene rings is 1. The van der Waals surface area contributed by atoms with E-state index < -0.39 is 0 Å². The molecule has 0 spiro atoms. The lowest BCUT2D eigenvalue weighted by molar-refractivity contribution is 0.0216. The molecule has 1 amide bonds. The van der Waals surface area contributed by atoms with Gasteiger partial charge in [0.05, 0.1) is 4.70 Å². The molecule has 2 aromatic heterocycles. The molecule has 0 radical (unpaired) electrons. The maximum absolute atomic E-state index is 12.6. The normalized spacial score (nSPS) is 29.6. The van der Waals surface area contributed by atoms with Gasteiger partial charge in [0.1, 0.15) is 5.69 Å². The molecular weight excluding hydrogens is 310 g/mol. The van der Waals surface area contributed by atoms with Crippen molar-refractivity contribution in [2.45, 2.75) is 31.8 Å². The molecule has 2 aromatic rings. The number of aldehydes is 1. The number of pyridine rings is 1. The first kappa shape index (κ1) is 14.8. The van der Waals surface area contributed by atoms with E-state index in [1.165, 1.54) is 11.3 Å². The number of carbonyl (C=O) groups is 2. The summed E-state index contributed by atoms with van der Waals surface area (Å²) in [4.78, 5) is 30.4. The Hall–Kier alpha value is -1.79. The van der Waals surface area contributed by atoms with Gasteiger partial charge in [-0.25, -0.2) is 4.98 Å². The van der Waals surface area contributed by atoms with E-state index in [4.69, 9.17) is 0 Å². The predicted molar refractivity (Wildman–Crippen MR) is 90.0 cm³/mol. The molecule has 2 bridgehead atoms. The van der Waals surface area contributed by atoms with Crippen LogP contribution >= 0.6 is 11.3 Å². The van der Waals surface area contributed by atoms with Gasteiger partial charge in [-0.05, 0) is 44.8 Å². The molecule has 3 saturated heterocycles. The summed E-state index contributed by atoms with van der Waals surface area (Å²) < 4.78 is 0.930. The summed E-state index contributed by atoms with van der Waals surface area (Å²) in [6.07, 6.45) is 4.82. The Morgan fingerprint density at radius 3 is 2.91 bits per heavy atom. The number of amides is 1. The van der Waals surface area contributed by atoms with Crippen LogP contribution in [0.3, 0.4) is 0 Å². The van der Waals surface area contributed by atoms with E-state index in [1.807, 2.05) is 0 Å². The van der Waals surface area contributed by atoms with Gasteiger partial charge in [-0.15, -0.1) is 11.3 Å². The van der Waals surface area contributed by atoms with Crippen LogP contribution in [-0.2, 0) is 0 Å². The zero-order chi connectivity index (χ0) is 16.0. The van der Waals surface area contributed by atoms with Crippen LogP contribution in [0.2, 0.25) is 0 Å². The molecule has 3 fully saturated rings. The summed E-state index contributed by atoms with van der Waals surface area (Å²) in [5.41, 5.74) is 1.01. The number of aromatic nitrogens is 1. The van der Waals surface area contributed by atoms with Crippen molar-refractivity contribution in [2.75, 3.05) is 13.1 Å². The lowest BCUT2D eigenvalue weighted by atomic mass is 9.79. The van der Waals surface area contributed by atoms with Crippen molar-refractivity contribution in [3.05, 3.63) is 28.9 Å². The Labute approximate surface area is 138 Å². The first-order valence-corrected chi connectivity index (χ1v) is 8.92. The average Bonchev–Trinajstić information content (AvgIpc) is 3.00. The van der Waals surface area contributed by atoms with Crippen molar-refractivity contribution < 1.29 is 9.59 Å². The molecule has 0 unspecified atom stereocenters. The third kappa shape index (κ3) is 2.46. The van der Waals surface area contributed by atoms with Crippen molar-refractivity contribution in [1.29, 1.82) is 0 Å². The highest BCUT2D eigenvalue weighted by atomic mass is 32.1. The summed E-state index contributed by atoms with van der Waals surface area (Å²) >= 11 is 1.47. The molecule has 5 nitrogen and oxygen atoms in total. The molecule has 2 atom stereocenters. The first-order chi connectivity index (χ1) is 11.2. The first-order valence-electron chi connectivity index (χ1n) is 8.04. The molecule has 6 heteroatoms. The molecule has 3 aliphatic heterocycles. The second kappa shape index (κ2) is 5.69. The topological polar surface area (TPSA) is 62.3 Å². The van der Waals surface area contributed by atoms with Crippen molar-refractivity contribution >= 4 is 33.6 Å². The van der Waals surface area contributed by atoms with Gasteiger partial charge < -0.3 is 5.32 Å². The molecule has 3 aliphatic rings. The van der Waals surface area contributed by atoms with Gasteiger partial charge in [0.15, 0.2) is 6.29 Å². The Morgan fingerprint density at radius 2 is 2.22 bits per heavy atom. The Bertz CT molecular complexity index is 762. The van der Waals surface area contributed by atoms with Gasteiger partial charge >= 0.3 is 0 Å². The number of carbonyl (C=O) groups excluding carboxylic acids is 2. The largest absolute Gasteiger partial charge is 0.346 e. The van der Waals surface area contributed by atoms with E-state index in [2.05, 4.69) is 22.1 Å². The molecule has 0 aliphatic carbocycles. The van der Waals surface area contributed by atoms with Crippen molar-refractivity contribution in [2.24, 2.45) is 5.92 Å². The lowest BCUT2D eigenvalue weighted by Crippen LogP contribution is -2.62. The van der Waals surface area contributed by atoms with Crippen molar-refractivity contribution in [1.82, 2.24) is 15.2 Å². The third-order valence-corrected chi connectivity index (χ3v) is 6.28. The Kier molecular flexibility index (Phi) is 3.66. The van der Waals surface area contributed by atoms with E-state index in [9.17, 15) is 9.59 Å². The third-order valence-electron chi connectivity index (χ3n) is 5.33. The van der Waals surface area contributed by atoms with Gasteiger partial charge in [0.25, 0.3) is 5.91 Å². The quantitative estimate of drug-likeness (QED) is 0.878. The fourth-order valence-electron chi connectivity index (χ4n) is 3.94. The standard InChI is InChI=1S/C17H19N3O2S/c1-10-16(11-2-4-20(10)5-3-11)19-17(22)14-6-13-12(8-21)9-23-15(13)7-18-14/h6-11,16H,2-5H2,1H3,(H,19,22)/t10-,16-/m0/s1. The van der Waals surface area contributed by atoms with Crippen LogP contribution in [-0.4, -0.2) is 47.3 Å². The predicted octanol–water partition coefficient (Wildman–Crippen LogP) is 2.32. The van der Waals surface area contributed by atoms with E-state index in [1.54, 1.807) is 17.6 Å². The van der Waals surface area contributed by atoms with Crippen LogP contribution in [0.25, 0.3) is 10.1 Å². The number of rotatable bonds is 3. The molecule has 5 rings (SSSR count). The van der Waals surface area contributed by atoms with Gasteiger partial charge in [0.2, 0.25) is 0 Å². The zero-order valence-corrected chi connectivity index (χ0v) is 13.8. The maximum Gasteiger partial charge on any atom is 0.270 e. The highest BCUT2D eigenvalue weighted by Gasteiger charge is 2.40. The van der Waals surface area contributed by atoms with Gasteiger partial charge in [0, 0.05) is 34.6 Å². The van der Waals surface area contributed by atoms with E-state index in [0.29, 0.717) is 23.2 Å². The van der Waals surface area contributed by atoms with Crippen molar-refractivity contribution in [3.63, 3.8) is 0 Å². The smallest absolute Gasteiger partial charge is 0.270 e. The molecule has 1 N–H and O–H groups in total. The number of nitrogens with zero attached hydrogens (tertiary/aromatic N) is 2. The van der Waals surface area contributed by atoms with E-state index in [0.717, 1.165) is 42.3 Å². The lowest BCUT2D eigenvalue weighted by Gasteiger charge is -2.49. The van der Waals surface area contributed by atoms with Crippen LogP contribution in [0.4, 0.5) is 0 Å². The monoisotopic (exact) mass is 329 g/mol. The fourth-order valence-corrected chi connectivity index (χ4v) is 4.79. The molecule has 120 valence electrons. The van der Waals surface area contributed by atoms with Gasteiger partial charge in [-0.2, -0.15) is 0 Å². The number of fused-ring (bicyclic) bond motifs is 4. The molecule has 5 heterocycles. The van der Waals surface area contributed by atoms with Crippen LogP contribution in [0, 0.1) is 5.92 Å². The summed E-state index contributed by atoms with van der Waals surface area (Å²) in [6, 6.07) is 2.30. The number of hydrogen-bond acceptors (Lipinski definition) is 5. The Balaban J connectivity index is 1.58. The zero-order valence-electron chi connectivity index (χ0n) is 13.0. The Morgan fingerprint density at radius 1 is 1.43 bits per heavy atom. The number of piperidine rings is 3. The summed E-state index contributed by atoms with van der Waals surface area (Å²) in [7, 11) is 0. The molecular formula is C17H19N3O2S. The van der Waals surface area contributed by atoms with Crippen LogP contribution in [0.15, 0.2) is 17.6 Å². The van der Waals surface area contributed by atoms with Crippen LogP contribution in [0.1, 0.15) is 40.6 Å². The summed E-state index contributed by atoms with van der Waals surface area (Å²) in [5, 5.41) is 5.80. The molecule has 0 saturated carbocycles. The SMILES string of the molecule is C[C@H]1[C@H](NC(=O)c2cc3c(C=O)csc3cn2)C2CCN1CC2. The summed E-state index contributed by atoms with van der Waals surface area (Å²) in [5.74, 6) is 0.426. The molecule has 23 heavy (non-hydrogen) atoms. The van der Waals surface area contributed by atoms with Crippen molar-refractivity contribution in [3.8, 4) is 0 Å². The summed E-state index contributed by atoms with van der Waals surface area (Å²) in [6.45, 7) is 4.47. The number of nitrogens with one attached hydrogen (secondary N) is 1. The second-order valence-corrected chi connectivity index (χ2v) is 7.40.